The molecule has 2 aromatic rings. The third kappa shape index (κ3) is 3.50. The quantitative estimate of drug-likeness (QED) is 0.874. The molecule has 108 valence electrons. The predicted octanol–water partition coefficient (Wildman–Crippen LogP) is 3.15. The van der Waals surface area contributed by atoms with Crippen LogP contribution in [0.4, 0.5) is 0 Å². The third-order valence-corrected chi connectivity index (χ3v) is 3.77. The Morgan fingerprint density at radius 1 is 1.24 bits per heavy atom. The molecule has 1 atom stereocenters. The average Bonchev–Trinajstić information content (AvgIpc) is 3.04. The first-order valence-corrected chi connectivity index (χ1v) is 7.38. The van der Waals surface area contributed by atoms with E-state index in [9.17, 15) is 4.79 Å². The highest BCUT2D eigenvalue weighted by Crippen LogP contribution is 2.19. The number of benzene rings is 2. The Bertz CT molecular complexity index is 652. The van der Waals surface area contributed by atoms with E-state index in [1.165, 1.54) is 5.39 Å². The van der Waals surface area contributed by atoms with Gasteiger partial charge in [-0.3, -0.25) is 4.79 Å². The molecular weight excluding hydrogens is 262 g/mol. The van der Waals surface area contributed by atoms with E-state index >= 15 is 0 Å². The van der Waals surface area contributed by atoms with E-state index in [4.69, 9.17) is 4.74 Å². The lowest BCUT2D eigenvalue weighted by Crippen LogP contribution is -2.30. The van der Waals surface area contributed by atoms with Crippen LogP contribution in [0.3, 0.4) is 0 Å². The maximum Gasteiger partial charge on any atom is 0.244 e. The Hall–Kier alpha value is -2.13. The number of carbonyl (C=O) groups excluding carboxylic acids is 1. The van der Waals surface area contributed by atoms with Crippen LogP contribution in [0, 0.1) is 0 Å². The second-order valence-corrected chi connectivity index (χ2v) is 5.28. The summed E-state index contributed by atoms with van der Waals surface area (Å²) < 4.78 is 5.48. The van der Waals surface area contributed by atoms with Gasteiger partial charge in [0.25, 0.3) is 0 Å². The Balaban J connectivity index is 1.65. The summed E-state index contributed by atoms with van der Waals surface area (Å²) in [6, 6.07) is 14.3. The molecular formula is C18H19NO2. The summed E-state index contributed by atoms with van der Waals surface area (Å²) in [5.41, 5.74) is 1.06. The molecule has 3 rings (SSSR count). The number of nitrogens with one attached hydrogen (secondary N) is 1. The summed E-state index contributed by atoms with van der Waals surface area (Å²) in [6.07, 6.45) is 5.77. The van der Waals surface area contributed by atoms with Gasteiger partial charge in [-0.25, -0.2) is 0 Å². The van der Waals surface area contributed by atoms with E-state index in [0.29, 0.717) is 6.54 Å². The molecule has 1 N–H and O–H groups in total. The molecule has 0 spiro atoms. The van der Waals surface area contributed by atoms with Crippen LogP contribution < -0.4 is 5.32 Å². The van der Waals surface area contributed by atoms with Crippen LogP contribution in [0.1, 0.15) is 18.4 Å². The maximum atomic E-state index is 11.9. The molecule has 3 nitrogen and oxygen atoms in total. The summed E-state index contributed by atoms with van der Waals surface area (Å²) in [4.78, 5) is 11.9. The first kappa shape index (κ1) is 13.8. The summed E-state index contributed by atoms with van der Waals surface area (Å²) in [5.74, 6) is -0.0709. The molecule has 0 radical (unpaired) electrons. The zero-order valence-electron chi connectivity index (χ0n) is 11.9. The number of ether oxygens (including phenoxy) is 1. The largest absolute Gasteiger partial charge is 0.376 e. The van der Waals surface area contributed by atoms with Crippen LogP contribution in [-0.2, 0) is 9.53 Å². The molecule has 0 saturated carbocycles. The van der Waals surface area contributed by atoms with Gasteiger partial charge in [0.1, 0.15) is 0 Å². The number of hydrogen-bond donors (Lipinski definition) is 1. The first-order valence-electron chi connectivity index (χ1n) is 7.38. The molecule has 1 heterocycles. The molecule has 1 fully saturated rings. The number of rotatable bonds is 4. The van der Waals surface area contributed by atoms with E-state index in [2.05, 4.69) is 23.5 Å². The second kappa shape index (κ2) is 6.55. The van der Waals surface area contributed by atoms with Gasteiger partial charge in [-0.1, -0.05) is 42.5 Å². The molecule has 1 unspecified atom stereocenters. The molecule has 1 aliphatic rings. The molecule has 1 aliphatic heterocycles. The van der Waals surface area contributed by atoms with E-state index in [1.807, 2.05) is 30.3 Å². The number of hydrogen-bond acceptors (Lipinski definition) is 2. The monoisotopic (exact) mass is 281 g/mol. The topological polar surface area (TPSA) is 38.3 Å². The Labute approximate surface area is 124 Å². The summed E-state index contributed by atoms with van der Waals surface area (Å²) >= 11 is 0. The molecule has 21 heavy (non-hydrogen) atoms. The first-order chi connectivity index (χ1) is 10.3. The summed E-state index contributed by atoms with van der Waals surface area (Å²) in [7, 11) is 0. The average molecular weight is 281 g/mol. The van der Waals surface area contributed by atoms with Crippen molar-refractivity contribution in [2.75, 3.05) is 13.2 Å². The Morgan fingerprint density at radius 2 is 2.10 bits per heavy atom. The van der Waals surface area contributed by atoms with Crippen molar-refractivity contribution < 1.29 is 9.53 Å². The molecule has 0 aromatic heterocycles. The SMILES string of the molecule is O=C(/C=C/c1cccc2ccccc12)NCC1CCCO1. The van der Waals surface area contributed by atoms with Crippen LogP contribution in [0.2, 0.25) is 0 Å². The van der Waals surface area contributed by atoms with Crippen LogP contribution in [0.5, 0.6) is 0 Å². The van der Waals surface area contributed by atoms with Crippen molar-refractivity contribution >= 4 is 22.8 Å². The van der Waals surface area contributed by atoms with Gasteiger partial charge in [-0.05, 0) is 35.3 Å². The van der Waals surface area contributed by atoms with Gasteiger partial charge in [-0.2, -0.15) is 0 Å². The number of fused-ring (bicyclic) bond motifs is 1. The van der Waals surface area contributed by atoms with Crippen LogP contribution in [0.25, 0.3) is 16.8 Å². The highest BCUT2D eigenvalue weighted by molar-refractivity contribution is 5.96. The standard InChI is InChI=1S/C18H19NO2/c20-18(19-13-16-8-4-12-21-16)11-10-15-7-3-6-14-5-1-2-9-17(14)15/h1-3,5-7,9-11,16H,4,8,12-13H2,(H,19,20)/b11-10+. The van der Waals surface area contributed by atoms with Gasteiger partial charge in [-0.15, -0.1) is 0 Å². The van der Waals surface area contributed by atoms with Crippen LogP contribution >= 0.6 is 0 Å². The Kier molecular flexibility index (Phi) is 4.31. The van der Waals surface area contributed by atoms with Gasteiger partial charge in [0.2, 0.25) is 5.91 Å². The van der Waals surface area contributed by atoms with Gasteiger partial charge in [0.05, 0.1) is 6.10 Å². The zero-order valence-corrected chi connectivity index (χ0v) is 11.9. The van der Waals surface area contributed by atoms with Gasteiger partial charge < -0.3 is 10.1 Å². The van der Waals surface area contributed by atoms with Gasteiger partial charge in [0.15, 0.2) is 0 Å². The van der Waals surface area contributed by atoms with E-state index in [1.54, 1.807) is 6.08 Å². The lowest BCUT2D eigenvalue weighted by Gasteiger charge is -2.09. The van der Waals surface area contributed by atoms with Crippen molar-refractivity contribution in [1.82, 2.24) is 5.32 Å². The van der Waals surface area contributed by atoms with Crippen molar-refractivity contribution in [3.8, 4) is 0 Å². The lowest BCUT2D eigenvalue weighted by molar-refractivity contribution is -0.116. The fraction of sp³-hybridized carbons (Fsp3) is 0.278. The molecule has 0 bridgehead atoms. The third-order valence-electron chi connectivity index (χ3n) is 3.77. The van der Waals surface area contributed by atoms with Gasteiger partial charge >= 0.3 is 0 Å². The normalized spacial score (nSPS) is 18.4. The minimum Gasteiger partial charge on any atom is -0.376 e. The fourth-order valence-electron chi connectivity index (χ4n) is 2.64. The molecule has 0 aliphatic carbocycles. The minimum atomic E-state index is -0.0709. The molecule has 2 aromatic carbocycles. The lowest BCUT2D eigenvalue weighted by atomic mass is 10.0. The minimum absolute atomic E-state index is 0.0709. The van der Waals surface area contributed by atoms with E-state index in [-0.39, 0.29) is 12.0 Å². The van der Waals surface area contributed by atoms with Gasteiger partial charge in [0, 0.05) is 19.2 Å². The number of carbonyl (C=O) groups is 1. The fourth-order valence-corrected chi connectivity index (χ4v) is 2.64. The van der Waals surface area contributed by atoms with Crippen molar-refractivity contribution in [2.45, 2.75) is 18.9 Å². The van der Waals surface area contributed by atoms with E-state index in [0.717, 1.165) is 30.4 Å². The second-order valence-electron chi connectivity index (χ2n) is 5.28. The van der Waals surface area contributed by atoms with Crippen molar-refractivity contribution in [1.29, 1.82) is 0 Å². The number of amides is 1. The highest BCUT2D eigenvalue weighted by Gasteiger charge is 2.15. The van der Waals surface area contributed by atoms with Crippen molar-refractivity contribution in [2.24, 2.45) is 0 Å². The summed E-state index contributed by atoms with van der Waals surface area (Å²) in [5, 5.41) is 5.23. The zero-order chi connectivity index (χ0) is 14.5. The molecule has 3 heteroatoms. The molecule has 1 saturated heterocycles. The summed E-state index contributed by atoms with van der Waals surface area (Å²) in [6.45, 7) is 1.41. The smallest absolute Gasteiger partial charge is 0.244 e. The predicted molar refractivity (Wildman–Crippen MR) is 85.0 cm³/mol. The van der Waals surface area contributed by atoms with Crippen LogP contribution in [0.15, 0.2) is 48.5 Å². The highest BCUT2D eigenvalue weighted by atomic mass is 16.5. The maximum absolute atomic E-state index is 11.9. The van der Waals surface area contributed by atoms with Crippen LogP contribution in [-0.4, -0.2) is 25.2 Å². The van der Waals surface area contributed by atoms with E-state index < -0.39 is 0 Å². The molecule has 1 amide bonds. The van der Waals surface area contributed by atoms with Crippen molar-refractivity contribution in [3.63, 3.8) is 0 Å². The van der Waals surface area contributed by atoms with Crippen molar-refractivity contribution in [3.05, 3.63) is 54.1 Å². The Morgan fingerprint density at radius 3 is 2.95 bits per heavy atom.